The zero-order chi connectivity index (χ0) is 51.5. The Balaban J connectivity index is 0.822. The molecule has 2 aliphatic heterocycles. The summed E-state index contributed by atoms with van der Waals surface area (Å²) in [7, 11) is 0. The number of aryl methyl sites for hydroxylation is 1. The molecule has 0 bridgehead atoms. The summed E-state index contributed by atoms with van der Waals surface area (Å²) in [5.74, 6) is 1.27. The molecule has 3 heterocycles. The van der Waals surface area contributed by atoms with Gasteiger partial charge in [-0.3, -0.25) is 24.0 Å². The summed E-state index contributed by atoms with van der Waals surface area (Å²) < 4.78 is 22.7. The summed E-state index contributed by atoms with van der Waals surface area (Å²) in [6, 6.07) is 10.9. The van der Waals surface area contributed by atoms with Crippen LogP contribution < -0.4 is 37.1 Å². The summed E-state index contributed by atoms with van der Waals surface area (Å²) >= 11 is 8.32. The molecule has 3 aromatic rings. The lowest BCUT2D eigenvalue weighted by Gasteiger charge is -2.16. The van der Waals surface area contributed by atoms with Crippen molar-refractivity contribution in [3.63, 3.8) is 0 Å². The van der Waals surface area contributed by atoms with Crippen molar-refractivity contribution in [1.82, 2.24) is 25.9 Å². The molecule has 4 amide bonds. The number of fused-ring (bicyclic) bond motifs is 1. The number of amides is 4. The van der Waals surface area contributed by atoms with Crippen LogP contribution in [0.25, 0.3) is 0 Å². The fourth-order valence-electron chi connectivity index (χ4n) is 8.12. The highest BCUT2D eigenvalue weighted by atomic mass is 35.5. The van der Waals surface area contributed by atoms with Gasteiger partial charge in [-0.2, -0.15) is 16.7 Å². The summed E-state index contributed by atoms with van der Waals surface area (Å²) in [6.07, 6.45) is 11.7. The number of hydrogen-bond donors (Lipinski definition) is 6. The number of ketones is 3. The molecule has 2 fully saturated rings. The number of ether oxygens (including phenoxy) is 4. The van der Waals surface area contributed by atoms with Gasteiger partial charge in [0.2, 0.25) is 11.9 Å². The molecule has 72 heavy (non-hydrogen) atoms. The van der Waals surface area contributed by atoms with Crippen LogP contribution in [-0.4, -0.2) is 121 Å². The Labute approximate surface area is 431 Å². The third-order valence-corrected chi connectivity index (χ3v) is 13.9. The van der Waals surface area contributed by atoms with Gasteiger partial charge in [-0.15, -0.1) is 0 Å². The van der Waals surface area contributed by atoms with Gasteiger partial charge in [0.25, 0.3) is 5.91 Å². The SMILES string of the molecule is C=CC(=O)Cc1ccccc1Nc1nc(Nc2cc(C(N)=O)c(OCCCCC(=O)CCCC(=O)CCCCOCCOCCOCCCNC(=O)CCCC[C@H]3SC[C@H]4NC(=O)N[C@H]43)cc2C)ncc1Cl. The number of anilines is 4. The first kappa shape index (κ1) is 57.3. The van der Waals surface area contributed by atoms with Crippen LogP contribution in [0.5, 0.6) is 5.75 Å². The maximum Gasteiger partial charge on any atom is 0.315 e. The Bertz CT molecular complexity index is 2290. The number of allylic oxidation sites excluding steroid dienone is 1. The van der Waals surface area contributed by atoms with Crippen molar-refractivity contribution in [2.45, 2.75) is 121 Å². The molecule has 7 N–H and O–H groups in total. The van der Waals surface area contributed by atoms with Crippen molar-refractivity contribution in [3.05, 3.63) is 77.0 Å². The second-order valence-electron chi connectivity index (χ2n) is 17.8. The molecule has 2 saturated heterocycles. The zero-order valence-electron chi connectivity index (χ0n) is 41.4. The highest BCUT2D eigenvalue weighted by Crippen LogP contribution is 2.34. The predicted molar refractivity (Wildman–Crippen MR) is 280 cm³/mol. The second-order valence-corrected chi connectivity index (χ2v) is 19.5. The minimum absolute atomic E-state index is 0.0591. The lowest BCUT2D eigenvalue weighted by molar-refractivity contribution is -0.122. The number of halogens is 1. The van der Waals surface area contributed by atoms with Gasteiger partial charge in [0, 0.05) is 80.7 Å². The molecule has 2 aromatic carbocycles. The number of carbonyl (C=O) groups excluding carboxylic acids is 6. The molecule has 0 aliphatic carbocycles. The normalized spacial score (nSPS) is 15.8. The number of para-hydroxylation sites is 1. The van der Waals surface area contributed by atoms with Crippen molar-refractivity contribution in [2.75, 3.05) is 69.2 Å². The number of benzene rings is 2. The molecule has 0 unspecified atom stereocenters. The van der Waals surface area contributed by atoms with Crippen LogP contribution in [0.2, 0.25) is 5.02 Å². The molecular weight excluding hydrogens is 964 g/mol. The first-order chi connectivity index (χ1) is 34.9. The number of rotatable bonds is 38. The van der Waals surface area contributed by atoms with E-state index in [1.807, 2.05) is 43.0 Å². The molecule has 0 radical (unpaired) electrons. The first-order valence-corrected chi connectivity index (χ1v) is 26.4. The van der Waals surface area contributed by atoms with Gasteiger partial charge in [-0.25, -0.2) is 9.78 Å². The Morgan fingerprint density at radius 2 is 1.49 bits per heavy atom. The number of primary amides is 1. The molecule has 0 spiro atoms. The average molecular weight is 1040 g/mol. The van der Waals surface area contributed by atoms with E-state index in [-0.39, 0.29) is 70.9 Å². The first-order valence-electron chi connectivity index (χ1n) is 25.0. The van der Waals surface area contributed by atoms with Gasteiger partial charge in [0.1, 0.15) is 22.3 Å². The number of thioether (sulfide) groups is 1. The van der Waals surface area contributed by atoms with Crippen molar-refractivity contribution in [2.24, 2.45) is 5.73 Å². The lowest BCUT2D eigenvalue weighted by Crippen LogP contribution is -2.36. The Kier molecular flexibility index (Phi) is 25.3. The van der Waals surface area contributed by atoms with Gasteiger partial charge < -0.3 is 51.3 Å². The fourth-order valence-corrected chi connectivity index (χ4v) is 9.80. The number of hydrogen-bond acceptors (Lipinski definition) is 15. The summed E-state index contributed by atoms with van der Waals surface area (Å²) in [4.78, 5) is 81.9. The van der Waals surface area contributed by atoms with Gasteiger partial charge >= 0.3 is 6.03 Å². The number of aromatic nitrogens is 2. The topological polar surface area (TPSA) is 251 Å². The molecule has 20 heteroatoms. The summed E-state index contributed by atoms with van der Waals surface area (Å²) in [6.45, 7) is 9.17. The number of nitrogens with two attached hydrogens (primary N) is 1. The quantitative estimate of drug-likeness (QED) is 0.0183. The van der Waals surface area contributed by atoms with Crippen LogP contribution in [0.15, 0.2) is 55.3 Å². The standard InChI is InChI=1S/C52H71ClN8O10S/c1-3-37(62)31-36-14-4-5-19-42(36)57-50-41(53)33-56-51(61-50)58-43-32-40(49(54)66)45(30-35(43)2)71-25-11-9-16-39(64)18-12-17-38(63)15-8-10-23-68-26-28-70-29-27-69-24-13-22-55-47(65)21-7-6-20-46-48-44(34-72-46)59-52(67)60-48/h3-5,14,19,30,32-33,44,46,48H,1,6-13,15-18,20-29,31,34H2,2H3,(H2,54,66)(H,55,65)(H2,59,60,67)(H2,56,57,58,61)/t44-,46-,48-/m1/s1. The van der Waals surface area contributed by atoms with Crippen LogP contribution in [0, 0.1) is 6.92 Å². The minimum atomic E-state index is -0.680. The van der Waals surface area contributed by atoms with Gasteiger partial charge in [0.05, 0.1) is 56.9 Å². The van der Waals surface area contributed by atoms with Crippen LogP contribution in [-0.2, 0) is 39.8 Å². The van der Waals surface area contributed by atoms with Crippen molar-refractivity contribution in [1.29, 1.82) is 0 Å². The zero-order valence-corrected chi connectivity index (χ0v) is 42.9. The fraction of sp³-hybridized carbons (Fsp3) is 0.538. The third kappa shape index (κ3) is 20.5. The largest absolute Gasteiger partial charge is 0.493 e. The molecule has 0 saturated carbocycles. The number of carbonyl (C=O) groups is 6. The van der Waals surface area contributed by atoms with Crippen molar-refractivity contribution >= 4 is 81.7 Å². The highest BCUT2D eigenvalue weighted by Gasteiger charge is 2.42. The van der Waals surface area contributed by atoms with E-state index in [0.29, 0.717) is 126 Å². The number of unbranched alkanes of at least 4 members (excludes halogenated alkanes) is 3. The molecule has 5 rings (SSSR count). The summed E-state index contributed by atoms with van der Waals surface area (Å²) in [5.41, 5.74) is 8.56. The van der Waals surface area contributed by atoms with E-state index in [9.17, 15) is 28.8 Å². The van der Waals surface area contributed by atoms with E-state index >= 15 is 0 Å². The maximum atomic E-state index is 12.5. The Morgan fingerprint density at radius 3 is 2.21 bits per heavy atom. The van der Waals surface area contributed by atoms with Crippen molar-refractivity contribution < 1.29 is 47.7 Å². The number of Topliss-reactive ketones (excluding diaryl/α,β-unsaturated/α-hetero) is 2. The second kappa shape index (κ2) is 31.8. The molecule has 392 valence electrons. The van der Waals surface area contributed by atoms with E-state index in [1.54, 1.807) is 12.1 Å². The van der Waals surface area contributed by atoms with E-state index in [2.05, 4.69) is 43.1 Å². The smallest absolute Gasteiger partial charge is 0.315 e. The Hall–Kier alpha value is -5.60. The van der Waals surface area contributed by atoms with Gasteiger partial charge in [0.15, 0.2) is 11.6 Å². The van der Waals surface area contributed by atoms with E-state index in [4.69, 9.17) is 36.3 Å². The Morgan fingerprint density at radius 1 is 0.819 bits per heavy atom. The average Bonchev–Trinajstić information content (AvgIpc) is 3.92. The molecule has 2 aliphatic rings. The predicted octanol–water partition coefficient (Wildman–Crippen LogP) is 7.63. The molecule has 3 atom stereocenters. The number of nitrogens with zero attached hydrogens (tertiary/aromatic N) is 2. The monoisotopic (exact) mass is 1030 g/mol. The number of nitrogens with one attached hydrogen (secondary N) is 5. The minimum Gasteiger partial charge on any atom is -0.493 e. The van der Waals surface area contributed by atoms with Crippen molar-refractivity contribution in [3.8, 4) is 5.75 Å². The van der Waals surface area contributed by atoms with Gasteiger partial charge in [-0.05, 0) is 93.7 Å². The maximum absolute atomic E-state index is 12.5. The third-order valence-electron chi connectivity index (χ3n) is 12.1. The van der Waals surface area contributed by atoms with Crippen LogP contribution in [0.3, 0.4) is 0 Å². The van der Waals surface area contributed by atoms with E-state index in [0.717, 1.165) is 55.4 Å². The van der Waals surface area contributed by atoms with Crippen LogP contribution in [0.1, 0.15) is 111 Å². The number of urea groups is 1. The molecule has 1 aromatic heterocycles. The molecular formula is C52H71ClN8O10S. The van der Waals surface area contributed by atoms with E-state index < -0.39 is 5.91 Å². The molecule has 18 nitrogen and oxygen atoms in total. The van der Waals surface area contributed by atoms with E-state index in [1.165, 1.54) is 12.3 Å². The van der Waals surface area contributed by atoms with Crippen LogP contribution in [0.4, 0.5) is 27.9 Å². The summed E-state index contributed by atoms with van der Waals surface area (Å²) in [5, 5.41) is 15.9. The highest BCUT2D eigenvalue weighted by molar-refractivity contribution is 8.00. The van der Waals surface area contributed by atoms with Gasteiger partial charge in [-0.1, -0.05) is 42.8 Å². The lowest BCUT2D eigenvalue weighted by atomic mass is 10.0. The van der Waals surface area contributed by atoms with Crippen LogP contribution >= 0.6 is 23.4 Å².